The van der Waals surface area contributed by atoms with Crippen LogP contribution >= 0.6 is 11.6 Å². The van der Waals surface area contributed by atoms with Crippen molar-refractivity contribution in [2.75, 3.05) is 5.32 Å². The van der Waals surface area contributed by atoms with E-state index in [2.05, 4.69) is 29.1 Å². The maximum atomic E-state index is 5.97. The van der Waals surface area contributed by atoms with Crippen LogP contribution in [0.2, 0.25) is 5.15 Å². The Bertz CT molecular complexity index is 363. The predicted octanol–water partition coefficient (Wildman–Crippen LogP) is 3.29. The molecule has 0 amide bonds. The third-order valence-electron chi connectivity index (χ3n) is 2.92. The van der Waals surface area contributed by atoms with Gasteiger partial charge in [0.05, 0.1) is 0 Å². The van der Waals surface area contributed by atoms with Crippen LogP contribution in [-0.2, 0) is 6.42 Å². The minimum atomic E-state index is 0.487. The third kappa shape index (κ3) is 3.08. The summed E-state index contributed by atoms with van der Waals surface area (Å²) in [7, 11) is 0. The van der Waals surface area contributed by atoms with Crippen molar-refractivity contribution in [2.45, 2.75) is 45.6 Å². The molecular weight excluding hydrogens is 222 g/mol. The molecule has 0 radical (unpaired) electrons. The van der Waals surface area contributed by atoms with E-state index in [1.807, 2.05) is 0 Å². The first-order valence-electron chi connectivity index (χ1n) is 5.99. The molecule has 4 heteroatoms. The Morgan fingerprint density at radius 3 is 2.88 bits per heavy atom. The Labute approximate surface area is 102 Å². The van der Waals surface area contributed by atoms with Gasteiger partial charge in [-0.1, -0.05) is 18.5 Å². The second-order valence-electron chi connectivity index (χ2n) is 4.51. The second kappa shape index (κ2) is 5.00. The van der Waals surface area contributed by atoms with Crippen molar-refractivity contribution >= 4 is 17.4 Å². The topological polar surface area (TPSA) is 37.8 Å². The van der Waals surface area contributed by atoms with Gasteiger partial charge in [0.15, 0.2) is 0 Å². The molecule has 1 unspecified atom stereocenters. The summed E-state index contributed by atoms with van der Waals surface area (Å²) in [5.41, 5.74) is 0. The van der Waals surface area contributed by atoms with Gasteiger partial charge >= 0.3 is 0 Å². The van der Waals surface area contributed by atoms with Crippen LogP contribution in [0.15, 0.2) is 6.07 Å². The zero-order valence-electron chi connectivity index (χ0n) is 9.83. The van der Waals surface area contributed by atoms with Crippen LogP contribution in [0, 0.1) is 5.92 Å². The first kappa shape index (κ1) is 11.6. The number of aryl methyl sites for hydroxylation is 1. The summed E-state index contributed by atoms with van der Waals surface area (Å²) in [6, 6.07) is 2.29. The molecule has 0 saturated heterocycles. The largest absolute Gasteiger partial charge is 0.367 e. The predicted molar refractivity (Wildman–Crippen MR) is 66.8 cm³/mol. The van der Waals surface area contributed by atoms with Gasteiger partial charge in [0, 0.05) is 18.5 Å². The third-order valence-corrected chi connectivity index (χ3v) is 3.11. The summed E-state index contributed by atoms with van der Waals surface area (Å²) >= 11 is 5.97. The molecule has 1 atom stereocenters. The van der Waals surface area contributed by atoms with Gasteiger partial charge < -0.3 is 5.32 Å². The molecule has 1 saturated carbocycles. The summed E-state index contributed by atoms with van der Waals surface area (Å²) in [4.78, 5) is 8.67. The molecule has 0 aromatic carbocycles. The van der Waals surface area contributed by atoms with Crippen molar-refractivity contribution in [1.29, 1.82) is 0 Å². The number of nitrogens with one attached hydrogen (secondary N) is 1. The van der Waals surface area contributed by atoms with Gasteiger partial charge in [0.2, 0.25) is 0 Å². The molecule has 0 bridgehead atoms. The van der Waals surface area contributed by atoms with Gasteiger partial charge in [-0.25, -0.2) is 9.97 Å². The average molecular weight is 240 g/mol. The molecule has 0 spiro atoms. The number of rotatable bonds is 5. The molecular formula is C12H18ClN3. The van der Waals surface area contributed by atoms with Gasteiger partial charge in [0.25, 0.3) is 0 Å². The van der Waals surface area contributed by atoms with Crippen molar-refractivity contribution in [2.24, 2.45) is 5.92 Å². The maximum Gasteiger partial charge on any atom is 0.134 e. The average Bonchev–Trinajstić information content (AvgIpc) is 2.99. The van der Waals surface area contributed by atoms with Crippen LogP contribution < -0.4 is 5.32 Å². The van der Waals surface area contributed by atoms with Crippen molar-refractivity contribution in [3.63, 3.8) is 0 Å². The van der Waals surface area contributed by atoms with Crippen LogP contribution in [-0.4, -0.2) is 16.0 Å². The van der Waals surface area contributed by atoms with Crippen molar-refractivity contribution in [3.8, 4) is 0 Å². The molecule has 2 rings (SSSR count). The van der Waals surface area contributed by atoms with Crippen LogP contribution in [0.1, 0.15) is 38.9 Å². The molecule has 1 aliphatic rings. The highest BCUT2D eigenvalue weighted by molar-refractivity contribution is 6.29. The quantitative estimate of drug-likeness (QED) is 0.802. The zero-order valence-corrected chi connectivity index (χ0v) is 10.6. The molecule has 0 aliphatic heterocycles. The van der Waals surface area contributed by atoms with Crippen molar-refractivity contribution in [1.82, 2.24) is 9.97 Å². The Kier molecular flexibility index (Phi) is 3.64. The van der Waals surface area contributed by atoms with Crippen LogP contribution in [0.25, 0.3) is 0 Å². The number of hydrogen-bond acceptors (Lipinski definition) is 3. The Balaban J connectivity index is 2.06. The summed E-state index contributed by atoms with van der Waals surface area (Å²) in [6.07, 6.45) is 4.58. The van der Waals surface area contributed by atoms with Crippen molar-refractivity contribution < 1.29 is 0 Å². The lowest BCUT2D eigenvalue weighted by Gasteiger charge is -2.14. The molecule has 1 aliphatic carbocycles. The lowest BCUT2D eigenvalue weighted by atomic mass is 10.2. The Morgan fingerprint density at radius 1 is 1.50 bits per heavy atom. The number of nitrogens with zero attached hydrogens (tertiary/aromatic N) is 2. The Morgan fingerprint density at radius 2 is 2.25 bits per heavy atom. The molecule has 1 aromatic rings. The maximum absolute atomic E-state index is 5.97. The minimum absolute atomic E-state index is 0.487. The van der Waals surface area contributed by atoms with Crippen LogP contribution in [0.4, 0.5) is 5.82 Å². The highest BCUT2D eigenvalue weighted by atomic mass is 35.5. The van der Waals surface area contributed by atoms with Crippen molar-refractivity contribution in [3.05, 3.63) is 17.0 Å². The molecule has 1 fully saturated rings. The molecule has 1 heterocycles. The number of anilines is 1. The van der Waals surface area contributed by atoms with Gasteiger partial charge in [-0.2, -0.15) is 0 Å². The SMILES string of the molecule is CCCc1nc(Cl)cc(NC(C)C2CC2)n1. The first-order valence-corrected chi connectivity index (χ1v) is 6.37. The van der Waals surface area contributed by atoms with Crippen LogP contribution in [0.3, 0.4) is 0 Å². The van der Waals surface area contributed by atoms with Gasteiger partial charge in [-0.3, -0.25) is 0 Å². The molecule has 16 heavy (non-hydrogen) atoms. The van der Waals surface area contributed by atoms with Gasteiger partial charge in [-0.15, -0.1) is 0 Å². The molecule has 1 aromatic heterocycles. The summed E-state index contributed by atoms with van der Waals surface area (Å²) < 4.78 is 0. The minimum Gasteiger partial charge on any atom is -0.367 e. The van der Waals surface area contributed by atoms with Gasteiger partial charge in [0.1, 0.15) is 16.8 Å². The monoisotopic (exact) mass is 239 g/mol. The number of halogens is 1. The molecule has 88 valence electrons. The normalized spacial score (nSPS) is 17.2. The smallest absolute Gasteiger partial charge is 0.134 e. The fourth-order valence-electron chi connectivity index (χ4n) is 1.82. The molecule has 1 N–H and O–H groups in total. The highest BCUT2D eigenvalue weighted by Crippen LogP contribution is 2.33. The summed E-state index contributed by atoms with van der Waals surface area (Å²) in [5.74, 6) is 2.51. The van der Waals surface area contributed by atoms with E-state index in [0.29, 0.717) is 11.2 Å². The van der Waals surface area contributed by atoms with E-state index in [1.165, 1.54) is 12.8 Å². The summed E-state index contributed by atoms with van der Waals surface area (Å²) in [6.45, 7) is 4.32. The zero-order chi connectivity index (χ0) is 11.5. The lowest BCUT2D eigenvalue weighted by molar-refractivity contribution is 0.688. The lowest BCUT2D eigenvalue weighted by Crippen LogP contribution is -2.18. The van der Waals surface area contributed by atoms with Gasteiger partial charge in [-0.05, 0) is 32.1 Å². The fourth-order valence-corrected chi connectivity index (χ4v) is 2.02. The van der Waals surface area contributed by atoms with E-state index in [-0.39, 0.29) is 0 Å². The van der Waals surface area contributed by atoms with E-state index in [4.69, 9.17) is 11.6 Å². The highest BCUT2D eigenvalue weighted by Gasteiger charge is 2.28. The van der Waals surface area contributed by atoms with E-state index >= 15 is 0 Å². The van der Waals surface area contributed by atoms with E-state index in [0.717, 1.165) is 30.4 Å². The summed E-state index contributed by atoms with van der Waals surface area (Å²) in [5, 5.41) is 3.94. The Hall–Kier alpha value is -0.830. The second-order valence-corrected chi connectivity index (χ2v) is 4.90. The standard InChI is InChI=1S/C12H18ClN3/c1-3-4-11-15-10(13)7-12(16-11)14-8(2)9-5-6-9/h7-9H,3-6H2,1-2H3,(H,14,15,16). The van der Waals surface area contributed by atoms with Crippen LogP contribution in [0.5, 0.6) is 0 Å². The van der Waals surface area contributed by atoms with E-state index < -0.39 is 0 Å². The van der Waals surface area contributed by atoms with E-state index in [1.54, 1.807) is 6.07 Å². The molecule has 3 nitrogen and oxygen atoms in total. The van der Waals surface area contributed by atoms with E-state index in [9.17, 15) is 0 Å². The number of hydrogen-bond donors (Lipinski definition) is 1. The number of aromatic nitrogens is 2. The first-order chi connectivity index (χ1) is 7.69. The fraction of sp³-hybridized carbons (Fsp3) is 0.667.